The maximum absolute atomic E-state index is 12.9. The van der Waals surface area contributed by atoms with Crippen molar-refractivity contribution in [2.75, 3.05) is 31.6 Å². The quantitative estimate of drug-likeness (QED) is 0.539. The molecule has 35 heavy (non-hydrogen) atoms. The van der Waals surface area contributed by atoms with Crippen molar-refractivity contribution in [3.05, 3.63) is 59.9 Å². The minimum Gasteiger partial charge on any atom is -0.410 e. The molecular formula is C24H23F3N6O2. The van der Waals surface area contributed by atoms with Gasteiger partial charge in [-0.25, -0.2) is 9.78 Å². The molecule has 0 radical (unpaired) electrons. The number of H-pyrrole nitrogens is 1. The van der Waals surface area contributed by atoms with Crippen LogP contribution in [0.3, 0.4) is 0 Å². The summed E-state index contributed by atoms with van der Waals surface area (Å²) >= 11 is 0. The van der Waals surface area contributed by atoms with Crippen LogP contribution in [0, 0.1) is 12.3 Å². The van der Waals surface area contributed by atoms with E-state index in [-0.39, 0.29) is 6.04 Å². The summed E-state index contributed by atoms with van der Waals surface area (Å²) in [5.41, 5.74) is 1.88. The number of rotatable bonds is 5. The fraction of sp³-hybridized carbons (Fsp3) is 0.292. The number of anilines is 1. The van der Waals surface area contributed by atoms with E-state index in [0.29, 0.717) is 37.7 Å². The summed E-state index contributed by atoms with van der Waals surface area (Å²) in [6.45, 7) is 2.26. The monoisotopic (exact) mass is 484 g/mol. The molecule has 0 saturated carbocycles. The molecule has 3 heterocycles. The van der Waals surface area contributed by atoms with Crippen molar-refractivity contribution in [1.82, 2.24) is 25.4 Å². The largest absolute Gasteiger partial charge is 0.417 e. The van der Waals surface area contributed by atoms with Gasteiger partial charge in [-0.05, 0) is 36.4 Å². The van der Waals surface area contributed by atoms with E-state index in [0.717, 1.165) is 29.1 Å². The summed E-state index contributed by atoms with van der Waals surface area (Å²) in [5, 5.41) is 9.58. The lowest BCUT2D eigenvalue weighted by molar-refractivity contribution is -0.137. The summed E-state index contributed by atoms with van der Waals surface area (Å²) in [5.74, 6) is 3.57. The van der Waals surface area contributed by atoms with Gasteiger partial charge in [-0.3, -0.25) is 10.00 Å². The van der Waals surface area contributed by atoms with Gasteiger partial charge >= 0.3 is 12.3 Å². The molecule has 1 aliphatic heterocycles. The van der Waals surface area contributed by atoms with Crippen LogP contribution in [0.25, 0.3) is 11.3 Å². The molecule has 2 N–H and O–H groups in total. The van der Waals surface area contributed by atoms with Gasteiger partial charge in [0.25, 0.3) is 0 Å². The number of amides is 1. The predicted molar refractivity (Wildman–Crippen MR) is 124 cm³/mol. The van der Waals surface area contributed by atoms with Crippen LogP contribution in [0.4, 0.5) is 23.8 Å². The third-order valence-corrected chi connectivity index (χ3v) is 5.70. The molecule has 4 rings (SSSR count). The summed E-state index contributed by atoms with van der Waals surface area (Å²) in [6, 6.07) is 9.07. The number of alkyl halides is 3. The number of aromatic nitrogens is 3. The Bertz CT molecular complexity index is 1200. The highest BCUT2D eigenvalue weighted by Gasteiger charge is 2.32. The Morgan fingerprint density at radius 3 is 2.63 bits per heavy atom. The summed E-state index contributed by atoms with van der Waals surface area (Å²) in [4.78, 5) is 19.4. The Labute approximate surface area is 200 Å². The standard InChI is InChI=1S/C24H23F3N6O2/c1-3-19-15-32(10-11-33(19)21-9-6-18(13-29-21)24(25,26)27)14-17-12-30-31-22(17)16-4-7-20(8-5-16)35-23(34)28-2/h1,4-9,12-13,19H,10-11,14-15H2,2H3,(H,28,34)(H,30,31)/t19-/m1/s1. The summed E-state index contributed by atoms with van der Waals surface area (Å²) in [7, 11) is 1.48. The fourth-order valence-corrected chi connectivity index (χ4v) is 3.89. The minimum atomic E-state index is -4.43. The average Bonchev–Trinajstić information content (AvgIpc) is 3.32. The molecule has 1 aromatic carbocycles. The first-order valence-corrected chi connectivity index (χ1v) is 10.8. The van der Waals surface area contributed by atoms with Gasteiger partial charge in [0.1, 0.15) is 17.6 Å². The minimum absolute atomic E-state index is 0.343. The number of nitrogens with one attached hydrogen (secondary N) is 2. The van der Waals surface area contributed by atoms with Crippen molar-refractivity contribution >= 4 is 11.9 Å². The number of aromatic amines is 1. The third-order valence-electron chi connectivity index (χ3n) is 5.70. The van der Waals surface area contributed by atoms with Crippen molar-refractivity contribution in [2.45, 2.75) is 18.8 Å². The number of halogens is 3. The summed E-state index contributed by atoms with van der Waals surface area (Å²) < 4.78 is 43.7. The number of hydrogen-bond acceptors (Lipinski definition) is 6. The van der Waals surface area contributed by atoms with E-state index in [2.05, 4.69) is 31.3 Å². The van der Waals surface area contributed by atoms with Crippen molar-refractivity contribution in [3.63, 3.8) is 0 Å². The zero-order chi connectivity index (χ0) is 25.0. The number of pyridine rings is 1. The summed E-state index contributed by atoms with van der Waals surface area (Å²) in [6.07, 6.45) is 3.36. The number of hydrogen-bond donors (Lipinski definition) is 2. The van der Waals surface area contributed by atoms with Crippen LogP contribution in [-0.4, -0.2) is 58.9 Å². The van der Waals surface area contributed by atoms with Gasteiger partial charge in [0.15, 0.2) is 0 Å². The molecule has 11 heteroatoms. The third kappa shape index (κ3) is 5.55. The molecule has 0 spiro atoms. The van der Waals surface area contributed by atoms with E-state index in [1.54, 1.807) is 18.3 Å². The van der Waals surface area contributed by atoms with Gasteiger partial charge in [0.2, 0.25) is 0 Å². The molecule has 0 bridgehead atoms. The van der Waals surface area contributed by atoms with E-state index >= 15 is 0 Å². The zero-order valence-corrected chi connectivity index (χ0v) is 18.8. The molecule has 1 aliphatic rings. The molecule has 1 amide bonds. The molecule has 0 unspecified atom stereocenters. The van der Waals surface area contributed by atoms with Crippen LogP contribution in [0.1, 0.15) is 11.1 Å². The molecule has 1 saturated heterocycles. The Balaban J connectivity index is 1.43. The number of terminal acetylenes is 1. The second kappa shape index (κ2) is 10.1. The average molecular weight is 484 g/mol. The Morgan fingerprint density at radius 1 is 1.23 bits per heavy atom. The first-order chi connectivity index (χ1) is 16.8. The number of nitrogens with zero attached hydrogens (tertiary/aromatic N) is 4. The van der Waals surface area contributed by atoms with E-state index in [1.165, 1.54) is 13.1 Å². The van der Waals surface area contributed by atoms with Crippen molar-refractivity contribution < 1.29 is 22.7 Å². The highest BCUT2D eigenvalue weighted by Crippen LogP contribution is 2.30. The van der Waals surface area contributed by atoms with Crippen LogP contribution in [-0.2, 0) is 12.7 Å². The smallest absolute Gasteiger partial charge is 0.410 e. The number of carbonyl (C=O) groups is 1. The number of ether oxygens (including phenoxy) is 1. The molecule has 0 aliphatic carbocycles. The lowest BCUT2D eigenvalue weighted by Crippen LogP contribution is -2.52. The molecule has 1 atom stereocenters. The molecule has 1 fully saturated rings. The van der Waals surface area contributed by atoms with Crippen molar-refractivity contribution in [2.24, 2.45) is 0 Å². The van der Waals surface area contributed by atoms with Crippen LogP contribution < -0.4 is 15.0 Å². The second-order valence-electron chi connectivity index (χ2n) is 7.95. The fourth-order valence-electron chi connectivity index (χ4n) is 3.89. The normalized spacial score (nSPS) is 16.5. The zero-order valence-electron chi connectivity index (χ0n) is 18.8. The first kappa shape index (κ1) is 24.1. The van der Waals surface area contributed by atoms with Gasteiger partial charge in [0.05, 0.1) is 17.5 Å². The molecule has 8 nitrogen and oxygen atoms in total. The van der Waals surface area contributed by atoms with E-state index in [4.69, 9.17) is 11.2 Å². The number of piperazine rings is 1. The molecule has 3 aromatic rings. The highest BCUT2D eigenvalue weighted by atomic mass is 19.4. The lowest BCUT2D eigenvalue weighted by Gasteiger charge is -2.39. The Kier molecular flexibility index (Phi) is 6.93. The SMILES string of the molecule is C#C[C@@H]1CN(Cc2cn[nH]c2-c2ccc(OC(=O)NC)cc2)CCN1c1ccc(C(F)(F)F)cn1. The van der Waals surface area contributed by atoms with Gasteiger partial charge in [-0.2, -0.15) is 18.3 Å². The van der Waals surface area contributed by atoms with Crippen LogP contribution in [0.5, 0.6) is 5.75 Å². The lowest BCUT2D eigenvalue weighted by atomic mass is 10.1. The topological polar surface area (TPSA) is 86.4 Å². The molecule has 182 valence electrons. The van der Waals surface area contributed by atoms with E-state index in [9.17, 15) is 18.0 Å². The predicted octanol–water partition coefficient (Wildman–Crippen LogP) is 3.53. The van der Waals surface area contributed by atoms with Gasteiger partial charge in [0, 0.05) is 50.6 Å². The second-order valence-corrected chi connectivity index (χ2v) is 7.95. The van der Waals surface area contributed by atoms with E-state index < -0.39 is 17.8 Å². The Morgan fingerprint density at radius 2 is 2.00 bits per heavy atom. The molecule has 2 aromatic heterocycles. The van der Waals surface area contributed by atoms with Crippen LogP contribution >= 0.6 is 0 Å². The van der Waals surface area contributed by atoms with Gasteiger partial charge in [-0.15, -0.1) is 6.42 Å². The van der Waals surface area contributed by atoms with Crippen LogP contribution in [0.15, 0.2) is 48.8 Å². The number of carbonyl (C=O) groups excluding carboxylic acids is 1. The van der Waals surface area contributed by atoms with E-state index in [1.807, 2.05) is 17.0 Å². The van der Waals surface area contributed by atoms with Crippen LogP contribution in [0.2, 0.25) is 0 Å². The maximum atomic E-state index is 12.9. The number of benzene rings is 1. The first-order valence-electron chi connectivity index (χ1n) is 10.8. The highest BCUT2D eigenvalue weighted by molar-refractivity contribution is 5.70. The van der Waals surface area contributed by atoms with Gasteiger partial charge < -0.3 is 15.0 Å². The van der Waals surface area contributed by atoms with Crippen molar-refractivity contribution in [3.8, 4) is 29.4 Å². The maximum Gasteiger partial charge on any atom is 0.417 e. The molecular weight excluding hydrogens is 461 g/mol. The van der Waals surface area contributed by atoms with Crippen molar-refractivity contribution in [1.29, 1.82) is 0 Å². The van der Waals surface area contributed by atoms with Gasteiger partial charge in [-0.1, -0.05) is 5.92 Å². The Hall–Kier alpha value is -4.04.